The van der Waals surface area contributed by atoms with Crippen molar-refractivity contribution in [3.05, 3.63) is 63.1 Å². The third kappa shape index (κ3) is 3.46. The van der Waals surface area contributed by atoms with E-state index in [2.05, 4.69) is 57.9 Å². The molecule has 28 heavy (non-hydrogen) atoms. The van der Waals surface area contributed by atoms with E-state index in [1.165, 1.54) is 16.9 Å². The van der Waals surface area contributed by atoms with Crippen molar-refractivity contribution in [2.75, 3.05) is 6.54 Å². The number of nitrogens with zero attached hydrogens (tertiary/aromatic N) is 5. The maximum Gasteiger partial charge on any atom is 0.266 e. The predicted molar refractivity (Wildman–Crippen MR) is 110 cm³/mol. The first-order valence-corrected chi connectivity index (χ1v) is 10.5. The molecular formula is C21H25N5OS. The SMILES string of the molecule is Cc1nc(C(C)C)sc1C(=O)N1Cc2nnc(C)n2[C@H](Cc2ccccc2)C1. The minimum atomic E-state index is 0.0480. The Morgan fingerprint density at radius 2 is 1.96 bits per heavy atom. The average molecular weight is 396 g/mol. The number of aromatic nitrogens is 4. The van der Waals surface area contributed by atoms with Crippen LogP contribution in [-0.4, -0.2) is 37.1 Å². The quantitative estimate of drug-likeness (QED) is 0.672. The van der Waals surface area contributed by atoms with Gasteiger partial charge in [0, 0.05) is 12.5 Å². The zero-order chi connectivity index (χ0) is 19.8. The highest BCUT2D eigenvalue weighted by Gasteiger charge is 2.32. The molecule has 3 aromatic rings. The van der Waals surface area contributed by atoms with Gasteiger partial charge in [0.15, 0.2) is 5.82 Å². The van der Waals surface area contributed by atoms with E-state index in [1.807, 2.05) is 24.8 Å². The molecule has 2 aromatic heterocycles. The van der Waals surface area contributed by atoms with Crippen LogP contribution >= 0.6 is 11.3 Å². The van der Waals surface area contributed by atoms with Gasteiger partial charge in [-0.2, -0.15) is 0 Å². The van der Waals surface area contributed by atoms with Crippen LogP contribution in [0.5, 0.6) is 0 Å². The van der Waals surface area contributed by atoms with Gasteiger partial charge in [0.2, 0.25) is 0 Å². The molecule has 4 rings (SSSR count). The van der Waals surface area contributed by atoms with Crippen molar-refractivity contribution in [3.8, 4) is 0 Å². The molecule has 1 aromatic carbocycles. The van der Waals surface area contributed by atoms with Crippen LogP contribution in [0.2, 0.25) is 0 Å². The van der Waals surface area contributed by atoms with E-state index >= 15 is 0 Å². The Labute approximate surface area is 169 Å². The summed E-state index contributed by atoms with van der Waals surface area (Å²) in [6, 6.07) is 10.5. The molecule has 0 radical (unpaired) electrons. The summed E-state index contributed by atoms with van der Waals surface area (Å²) in [6.07, 6.45) is 0.843. The Morgan fingerprint density at radius 3 is 2.64 bits per heavy atom. The maximum absolute atomic E-state index is 13.3. The van der Waals surface area contributed by atoms with Gasteiger partial charge in [-0.25, -0.2) is 4.98 Å². The Hall–Kier alpha value is -2.54. The van der Waals surface area contributed by atoms with E-state index in [-0.39, 0.29) is 11.9 Å². The lowest BCUT2D eigenvalue weighted by molar-refractivity contribution is 0.0676. The second-order valence-corrected chi connectivity index (χ2v) is 8.71. The van der Waals surface area contributed by atoms with Gasteiger partial charge in [0.05, 0.1) is 23.3 Å². The number of carbonyl (C=O) groups is 1. The smallest absolute Gasteiger partial charge is 0.266 e. The first-order valence-electron chi connectivity index (χ1n) is 9.65. The Kier molecular flexibility index (Phi) is 5.02. The third-order valence-corrected chi connectivity index (χ3v) is 6.61. The fraction of sp³-hybridized carbons (Fsp3) is 0.429. The van der Waals surface area contributed by atoms with Crippen LogP contribution < -0.4 is 0 Å². The second kappa shape index (κ2) is 7.47. The van der Waals surface area contributed by atoms with Gasteiger partial charge in [0.1, 0.15) is 10.7 Å². The van der Waals surface area contributed by atoms with Crippen molar-refractivity contribution in [2.45, 2.75) is 52.6 Å². The first-order chi connectivity index (χ1) is 13.4. The third-order valence-electron chi connectivity index (χ3n) is 5.17. The van der Waals surface area contributed by atoms with E-state index in [0.29, 0.717) is 19.0 Å². The number of hydrogen-bond acceptors (Lipinski definition) is 5. The van der Waals surface area contributed by atoms with Crippen molar-refractivity contribution >= 4 is 17.2 Å². The lowest BCUT2D eigenvalue weighted by Crippen LogP contribution is -2.42. The molecule has 0 aliphatic carbocycles. The van der Waals surface area contributed by atoms with E-state index in [4.69, 9.17) is 0 Å². The van der Waals surface area contributed by atoms with Crippen LogP contribution in [0.4, 0.5) is 0 Å². The molecular weight excluding hydrogens is 370 g/mol. The van der Waals surface area contributed by atoms with Crippen molar-refractivity contribution < 1.29 is 4.79 Å². The monoisotopic (exact) mass is 395 g/mol. The van der Waals surface area contributed by atoms with Crippen LogP contribution in [0.25, 0.3) is 0 Å². The molecule has 0 unspecified atom stereocenters. The highest BCUT2D eigenvalue weighted by molar-refractivity contribution is 7.13. The molecule has 1 aliphatic rings. The van der Waals surface area contributed by atoms with E-state index in [0.717, 1.165) is 33.6 Å². The highest BCUT2D eigenvalue weighted by Crippen LogP contribution is 2.30. The molecule has 0 spiro atoms. The van der Waals surface area contributed by atoms with Crippen LogP contribution in [0.3, 0.4) is 0 Å². The number of benzene rings is 1. The van der Waals surface area contributed by atoms with E-state index in [1.54, 1.807) is 0 Å². The molecule has 146 valence electrons. The summed E-state index contributed by atoms with van der Waals surface area (Å²) in [5.41, 5.74) is 2.07. The molecule has 1 aliphatic heterocycles. The minimum absolute atomic E-state index is 0.0480. The zero-order valence-electron chi connectivity index (χ0n) is 16.7. The van der Waals surface area contributed by atoms with Gasteiger partial charge in [0.25, 0.3) is 5.91 Å². The van der Waals surface area contributed by atoms with Gasteiger partial charge >= 0.3 is 0 Å². The summed E-state index contributed by atoms with van der Waals surface area (Å²) in [7, 11) is 0. The van der Waals surface area contributed by atoms with Crippen LogP contribution in [0.1, 0.15) is 63.4 Å². The second-order valence-electron chi connectivity index (χ2n) is 7.68. The van der Waals surface area contributed by atoms with Gasteiger partial charge in [-0.05, 0) is 25.8 Å². The lowest BCUT2D eigenvalue weighted by atomic mass is 10.0. The average Bonchev–Trinajstić information content (AvgIpc) is 3.25. The van der Waals surface area contributed by atoms with E-state index in [9.17, 15) is 4.79 Å². The molecule has 0 N–H and O–H groups in total. The number of amides is 1. The van der Waals surface area contributed by atoms with Gasteiger partial charge in [-0.1, -0.05) is 44.2 Å². The van der Waals surface area contributed by atoms with Crippen LogP contribution in [-0.2, 0) is 13.0 Å². The van der Waals surface area contributed by atoms with Gasteiger partial charge < -0.3 is 9.47 Å². The zero-order valence-corrected chi connectivity index (χ0v) is 17.5. The fourth-order valence-corrected chi connectivity index (χ4v) is 4.81. The summed E-state index contributed by atoms with van der Waals surface area (Å²) in [4.78, 5) is 20.6. The first kappa shape index (κ1) is 18.8. The molecule has 1 amide bonds. The molecule has 6 nitrogen and oxygen atoms in total. The van der Waals surface area contributed by atoms with Crippen molar-refractivity contribution in [1.29, 1.82) is 0 Å². The molecule has 1 atom stereocenters. The standard InChI is InChI=1S/C21H25N5OS/c1-13(2)20-22-14(3)19(28-20)21(27)25-11-17(10-16-8-6-5-7-9-16)26-15(4)23-24-18(26)12-25/h5-9,13,17H,10-12H2,1-4H3/t17-/m1/s1. The number of fused-ring (bicyclic) bond motifs is 1. The fourth-order valence-electron chi connectivity index (χ4n) is 3.77. The van der Waals surface area contributed by atoms with Crippen molar-refractivity contribution in [3.63, 3.8) is 0 Å². The summed E-state index contributed by atoms with van der Waals surface area (Å²) in [6.45, 7) is 9.25. The lowest BCUT2D eigenvalue weighted by Gasteiger charge is -2.34. The number of aryl methyl sites for hydroxylation is 2. The Bertz CT molecular complexity index is 992. The predicted octanol–water partition coefficient (Wildman–Crippen LogP) is 3.91. The molecule has 0 saturated heterocycles. The summed E-state index contributed by atoms with van der Waals surface area (Å²) < 4.78 is 2.19. The molecule has 0 bridgehead atoms. The summed E-state index contributed by atoms with van der Waals surface area (Å²) in [5, 5.41) is 9.62. The summed E-state index contributed by atoms with van der Waals surface area (Å²) >= 11 is 1.52. The number of hydrogen-bond donors (Lipinski definition) is 0. The molecule has 0 fully saturated rings. The van der Waals surface area contributed by atoms with Crippen LogP contribution in [0.15, 0.2) is 30.3 Å². The number of thiazole rings is 1. The topological polar surface area (TPSA) is 63.9 Å². The van der Waals surface area contributed by atoms with Crippen molar-refractivity contribution in [2.24, 2.45) is 0 Å². The minimum Gasteiger partial charge on any atom is -0.328 e. The molecule has 7 heteroatoms. The van der Waals surface area contributed by atoms with E-state index < -0.39 is 0 Å². The Morgan fingerprint density at radius 1 is 1.21 bits per heavy atom. The normalized spacial score (nSPS) is 16.5. The summed E-state index contributed by atoms with van der Waals surface area (Å²) in [5.74, 6) is 2.12. The van der Waals surface area contributed by atoms with Crippen molar-refractivity contribution in [1.82, 2.24) is 24.6 Å². The molecule has 3 heterocycles. The van der Waals surface area contributed by atoms with Gasteiger partial charge in [-0.3, -0.25) is 4.79 Å². The number of rotatable bonds is 4. The van der Waals surface area contributed by atoms with Gasteiger partial charge in [-0.15, -0.1) is 21.5 Å². The highest BCUT2D eigenvalue weighted by atomic mass is 32.1. The largest absolute Gasteiger partial charge is 0.328 e. The number of carbonyl (C=O) groups excluding carboxylic acids is 1. The maximum atomic E-state index is 13.3. The van der Waals surface area contributed by atoms with Crippen LogP contribution in [0, 0.1) is 13.8 Å². The Balaban J connectivity index is 1.63. The molecule has 0 saturated carbocycles.